The van der Waals surface area contributed by atoms with Gasteiger partial charge in [0.05, 0.1) is 24.8 Å². The number of allylic oxidation sites excluding steroid dienone is 1. The summed E-state index contributed by atoms with van der Waals surface area (Å²) in [6.07, 6.45) is 0.511. The number of rotatable bonds is 11. The van der Waals surface area contributed by atoms with Crippen molar-refractivity contribution in [3.63, 3.8) is 0 Å². The molecule has 5 rings (SSSR count). The van der Waals surface area contributed by atoms with E-state index in [-0.39, 0.29) is 12.5 Å². The van der Waals surface area contributed by atoms with Crippen LogP contribution < -0.4 is 10.1 Å². The molecule has 7 heteroatoms. The van der Waals surface area contributed by atoms with Gasteiger partial charge in [0, 0.05) is 29.2 Å². The van der Waals surface area contributed by atoms with Crippen LogP contribution in [0.4, 0.5) is 5.69 Å². The van der Waals surface area contributed by atoms with E-state index in [9.17, 15) is 9.59 Å². The summed E-state index contributed by atoms with van der Waals surface area (Å²) in [5.74, 6) is -0.646. The van der Waals surface area contributed by atoms with Crippen molar-refractivity contribution in [3.8, 4) is 5.75 Å². The topological polar surface area (TPSA) is 73.9 Å². The Kier molecular flexibility index (Phi) is 9.35. The van der Waals surface area contributed by atoms with E-state index in [4.69, 9.17) is 13.9 Å². The highest BCUT2D eigenvalue weighted by molar-refractivity contribution is 6.78. The maximum atomic E-state index is 14.2. The highest BCUT2D eigenvalue weighted by Gasteiger charge is 2.53. The van der Waals surface area contributed by atoms with E-state index in [1.54, 1.807) is 7.11 Å². The number of nitrogens with one attached hydrogen (secondary N) is 1. The summed E-state index contributed by atoms with van der Waals surface area (Å²) in [7, 11) is -0.707. The molecule has 0 unspecified atom stereocenters. The molecule has 44 heavy (non-hydrogen) atoms. The van der Waals surface area contributed by atoms with Gasteiger partial charge >= 0.3 is 5.97 Å². The zero-order valence-corrected chi connectivity index (χ0v) is 27.9. The average Bonchev–Trinajstić information content (AvgIpc) is 3.41. The molecule has 1 N–H and O–H groups in total. The van der Waals surface area contributed by atoms with Crippen LogP contribution in [0.1, 0.15) is 70.6 Å². The number of fused-ring (bicyclic) bond motifs is 3. The fourth-order valence-electron chi connectivity index (χ4n) is 7.62. The number of hydrogen-bond donors (Lipinski definition) is 1. The van der Waals surface area contributed by atoms with E-state index in [0.29, 0.717) is 23.0 Å². The SMILES string of the molecule is COc1ccc2c(c1)C1=C(O[Si](C(C)C)(C(C)C)C(C)C)C[C@H](c3ccccc3)[C@@H](C(=O)C(=O)OCc3ccccc3)[C@@H]1N2. The van der Waals surface area contributed by atoms with Gasteiger partial charge in [0.25, 0.3) is 8.32 Å². The fourth-order valence-corrected chi connectivity index (χ4v) is 12.9. The summed E-state index contributed by atoms with van der Waals surface area (Å²) >= 11 is 0. The molecule has 6 nitrogen and oxygen atoms in total. The first-order chi connectivity index (χ1) is 21.1. The van der Waals surface area contributed by atoms with Crippen molar-refractivity contribution in [1.82, 2.24) is 0 Å². The number of ketones is 1. The van der Waals surface area contributed by atoms with Crippen LogP contribution in [0, 0.1) is 5.92 Å². The van der Waals surface area contributed by atoms with Crippen molar-refractivity contribution in [3.05, 3.63) is 101 Å². The molecule has 0 spiro atoms. The summed E-state index contributed by atoms with van der Waals surface area (Å²) in [5, 5.41) is 3.64. The van der Waals surface area contributed by atoms with Crippen LogP contribution in [0.2, 0.25) is 16.6 Å². The zero-order chi connectivity index (χ0) is 31.6. The molecule has 2 aliphatic rings. The molecule has 232 valence electrons. The number of carbonyl (C=O) groups excluding carboxylic acids is 2. The van der Waals surface area contributed by atoms with Crippen molar-refractivity contribution >= 4 is 31.3 Å². The lowest BCUT2D eigenvalue weighted by Crippen LogP contribution is -2.49. The molecule has 0 aromatic heterocycles. The zero-order valence-electron chi connectivity index (χ0n) is 26.9. The van der Waals surface area contributed by atoms with Crippen LogP contribution in [-0.4, -0.2) is 33.2 Å². The predicted molar refractivity (Wildman–Crippen MR) is 178 cm³/mol. The lowest BCUT2D eigenvalue weighted by molar-refractivity contribution is -0.157. The Labute approximate surface area is 262 Å². The second kappa shape index (κ2) is 13.0. The molecule has 0 saturated carbocycles. The Bertz CT molecular complexity index is 1490. The number of methoxy groups -OCH3 is 1. The molecule has 1 heterocycles. The van der Waals surface area contributed by atoms with Gasteiger partial charge in [0.15, 0.2) is 0 Å². The minimum Gasteiger partial charge on any atom is -0.545 e. The number of esters is 1. The molecule has 0 fully saturated rings. The molecule has 3 aromatic carbocycles. The van der Waals surface area contributed by atoms with Crippen LogP contribution in [0.25, 0.3) is 5.57 Å². The third-order valence-corrected chi connectivity index (χ3v) is 15.6. The van der Waals surface area contributed by atoms with Crippen molar-refractivity contribution in [2.45, 2.75) is 83.2 Å². The third-order valence-electron chi connectivity index (χ3n) is 9.59. The number of benzene rings is 3. The minimum atomic E-state index is -2.36. The molecule has 1 aliphatic carbocycles. The third kappa shape index (κ3) is 5.82. The Morgan fingerprint density at radius 2 is 1.48 bits per heavy atom. The van der Waals surface area contributed by atoms with Crippen molar-refractivity contribution < 1.29 is 23.5 Å². The maximum Gasteiger partial charge on any atom is 0.375 e. The molecule has 0 radical (unpaired) electrons. The van der Waals surface area contributed by atoms with Gasteiger partial charge in [-0.15, -0.1) is 0 Å². The maximum absolute atomic E-state index is 14.2. The first-order valence-corrected chi connectivity index (χ1v) is 17.9. The quantitative estimate of drug-likeness (QED) is 0.133. The average molecular weight is 612 g/mol. The summed E-state index contributed by atoms with van der Waals surface area (Å²) in [6.45, 7) is 13.7. The Hall–Kier alpha value is -3.84. The lowest BCUT2D eigenvalue weighted by atomic mass is 9.70. The van der Waals surface area contributed by atoms with Gasteiger partial charge in [-0.05, 0) is 45.9 Å². The number of ether oxygens (including phenoxy) is 2. The fraction of sp³-hybridized carbons (Fsp3) is 0.405. The molecule has 1 aliphatic heterocycles. The molecule has 0 amide bonds. The van der Waals surface area contributed by atoms with E-state index in [0.717, 1.165) is 39.5 Å². The largest absolute Gasteiger partial charge is 0.545 e. The number of carbonyl (C=O) groups is 2. The van der Waals surface area contributed by atoms with Crippen molar-refractivity contribution in [2.75, 3.05) is 12.4 Å². The van der Waals surface area contributed by atoms with Crippen LogP contribution in [0.5, 0.6) is 5.75 Å². The normalized spacial score (nSPS) is 19.5. The van der Waals surface area contributed by atoms with Crippen molar-refractivity contribution in [1.29, 1.82) is 0 Å². The number of Topliss-reactive ketones (excluding diaryl/α,β-unsaturated/α-hetero) is 1. The van der Waals surface area contributed by atoms with Gasteiger partial charge in [-0.1, -0.05) is 102 Å². The molecular formula is C37H45NO5Si. The lowest BCUT2D eigenvalue weighted by Gasteiger charge is -2.46. The number of anilines is 1. The van der Waals surface area contributed by atoms with Crippen molar-refractivity contribution in [2.24, 2.45) is 5.92 Å². The van der Waals surface area contributed by atoms with E-state index in [1.165, 1.54) is 0 Å². The highest BCUT2D eigenvalue weighted by Crippen LogP contribution is 2.54. The standard InChI is InChI=1S/C37H45NO5Si/c1-23(2)44(24(3)4,25(5)6)43-32-21-29(27-16-12-9-13-17-27)34(36(39)37(40)42-22-26-14-10-8-11-15-26)35-33(32)30-20-28(41-7)18-19-31(30)38-35/h8-20,23-25,29,34-35,38H,21-22H2,1-7H3/t29-,34-,35-/m1/s1. The summed E-state index contributed by atoms with van der Waals surface area (Å²) in [6, 6.07) is 25.0. The summed E-state index contributed by atoms with van der Waals surface area (Å²) < 4.78 is 18.7. The minimum absolute atomic E-state index is 0.0476. The van der Waals surface area contributed by atoms with Crippen LogP contribution in [0.3, 0.4) is 0 Å². The molecular weight excluding hydrogens is 566 g/mol. The van der Waals surface area contributed by atoms with Crippen LogP contribution in [0.15, 0.2) is 84.6 Å². The van der Waals surface area contributed by atoms with Gasteiger partial charge < -0.3 is 19.2 Å². The van der Waals surface area contributed by atoms with E-state index in [2.05, 4.69) is 46.9 Å². The Morgan fingerprint density at radius 3 is 2.07 bits per heavy atom. The van der Waals surface area contributed by atoms with E-state index in [1.807, 2.05) is 78.9 Å². The first-order valence-electron chi connectivity index (χ1n) is 15.7. The second-order valence-electron chi connectivity index (χ2n) is 13.0. The van der Waals surface area contributed by atoms with E-state index < -0.39 is 32.0 Å². The Morgan fingerprint density at radius 1 is 0.864 bits per heavy atom. The smallest absolute Gasteiger partial charge is 0.375 e. The molecule has 0 bridgehead atoms. The summed E-state index contributed by atoms with van der Waals surface area (Å²) in [4.78, 5) is 27.7. The van der Waals surface area contributed by atoms with E-state index >= 15 is 0 Å². The molecule has 0 saturated heterocycles. The van der Waals surface area contributed by atoms with Gasteiger partial charge in [0.1, 0.15) is 12.4 Å². The first kappa shape index (κ1) is 31.6. The van der Waals surface area contributed by atoms with Gasteiger partial charge in [-0.25, -0.2) is 4.79 Å². The predicted octanol–water partition coefficient (Wildman–Crippen LogP) is 8.51. The highest BCUT2D eigenvalue weighted by atomic mass is 28.4. The molecule has 3 aromatic rings. The molecule has 3 atom stereocenters. The second-order valence-corrected chi connectivity index (χ2v) is 18.3. The van der Waals surface area contributed by atoms with Crippen LogP contribution >= 0.6 is 0 Å². The number of hydrogen-bond acceptors (Lipinski definition) is 6. The van der Waals surface area contributed by atoms with Gasteiger partial charge in [-0.2, -0.15) is 0 Å². The monoisotopic (exact) mass is 611 g/mol. The van der Waals surface area contributed by atoms with Crippen LogP contribution in [-0.2, 0) is 25.4 Å². The summed E-state index contributed by atoms with van der Waals surface area (Å²) in [5.41, 5.74) is 5.78. The van der Waals surface area contributed by atoms with Gasteiger partial charge in [0.2, 0.25) is 5.78 Å². The van der Waals surface area contributed by atoms with Gasteiger partial charge in [-0.3, -0.25) is 4.79 Å². The Balaban J connectivity index is 1.64.